The van der Waals surface area contributed by atoms with E-state index in [0.717, 1.165) is 26.3 Å². The fraction of sp³-hybridized carbons (Fsp3) is 0.909. The lowest BCUT2D eigenvalue weighted by molar-refractivity contribution is -0.139. The number of carbonyl (C=O) groups is 1. The predicted octanol–water partition coefficient (Wildman–Crippen LogP) is 0.160. The van der Waals surface area contributed by atoms with Gasteiger partial charge in [0.05, 0.1) is 13.2 Å². The van der Waals surface area contributed by atoms with E-state index in [9.17, 15) is 4.79 Å². The fourth-order valence-corrected chi connectivity index (χ4v) is 1.95. The van der Waals surface area contributed by atoms with Crippen molar-refractivity contribution in [2.75, 3.05) is 32.8 Å². The molecule has 1 heterocycles. The van der Waals surface area contributed by atoms with Crippen molar-refractivity contribution in [1.82, 2.24) is 10.2 Å². The van der Waals surface area contributed by atoms with E-state index in [4.69, 9.17) is 9.84 Å². The van der Waals surface area contributed by atoms with Gasteiger partial charge in [-0.2, -0.15) is 0 Å². The van der Waals surface area contributed by atoms with Crippen molar-refractivity contribution in [3.63, 3.8) is 0 Å². The van der Waals surface area contributed by atoms with Crippen LogP contribution in [0.3, 0.4) is 0 Å². The van der Waals surface area contributed by atoms with Gasteiger partial charge in [0.15, 0.2) is 0 Å². The number of ether oxygens (including phenoxy) is 1. The molecule has 94 valence electrons. The van der Waals surface area contributed by atoms with Crippen LogP contribution in [0.2, 0.25) is 0 Å². The van der Waals surface area contributed by atoms with Crippen LogP contribution in [0.1, 0.15) is 20.3 Å². The summed E-state index contributed by atoms with van der Waals surface area (Å²) in [5, 5.41) is 12.0. The first-order chi connectivity index (χ1) is 7.65. The van der Waals surface area contributed by atoms with Crippen molar-refractivity contribution in [3.05, 3.63) is 0 Å². The van der Waals surface area contributed by atoms with E-state index in [2.05, 4.69) is 17.1 Å². The highest BCUT2D eigenvalue weighted by molar-refractivity contribution is 5.73. The number of hydrogen-bond acceptors (Lipinski definition) is 4. The third-order valence-electron chi connectivity index (χ3n) is 2.96. The van der Waals surface area contributed by atoms with Gasteiger partial charge >= 0.3 is 5.97 Å². The molecule has 1 aliphatic heterocycles. The van der Waals surface area contributed by atoms with E-state index < -0.39 is 12.0 Å². The molecule has 2 atom stereocenters. The van der Waals surface area contributed by atoms with Crippen molar-refractivity contribution < 1.29 is 14.6 Å². The summed E-state index contributed by atoms with van der Waals surface area (Å²) in [6.45, 7) is 7.95. The molecule has 1 fully saturated rings. The van der Waals surface area contributed by atoms with Gasteiger partial charge in [-0.1, -0.05) is 6.92 Å². The molecule has 0 radical (unpaired) electrons. The van der Waals surface area contributed by atoms with Crippen molar-refractivity contribution >= 4 is 5.97 Å². The molecular formula is C11H22N2O3. The molecule has 0 aromatic rings. The van der Waals surface area contributed by atoms with Gasteiger partial charge < -0.3 is 15.2 Å². The minimum Gasteiger partial charge on any atom is -0.480 e. The number of nitrogens with one attached hydrogen (secondary N) is 1. The van der Waals surface area contributed by atoms with Gasteiger partial charge in [0.25, 0.3) is 0 Å². The summed E-state index contributed by atoms with van der Waals surface area (Å²) in [5.74, 6) is -0.761. The molecule has 0 aromatic heterocycles. The third kappa shape index (κ3) is 4.08. The van der Waals surface area contributed by atoms with Crippen LogP contribution in [0.4, 0.5) is 0 Å². The normalized spacial score (nSPS) is 24.2. The van der Waals surface area contributed by atoms with Gasteiger partial charge in [-0.3, -0.25) is 9.69 Å². The van der Waals surface area contributed by atoms with Crippen molar-refractivity contribution in [2.45, 2.75) is 32.4 Å². The zero-order valence-corrected chi connectivity index (χ0v) is 10.1. The van der Waals surface area contributed by atoms with Gasteiger partial charge in [-0.25, -0.2) is 0 Å². The summed E-state index contributed by atoms with van der Waals surface area (Å²) in [6.07, 6.45) is 0.646. The number of likely N-dealkylation sites (N-methyl/N-ethyl adjacent to an activating group) is 1. The summed E-state index contributed by atoms with van der Waals surface area (Å²) in [5.41, 5.74) is 0. The first-order valence-electron chi connectivity index (χ1n) is 5.93. The Morgan fingerprint density at radius 3 is 3.00 bits per heavy atom. The largest absolute Gasteiger partial charge is 0.480 e. The second-order valence-electron chi connectivity index (χ2n) is 4.20. The molecule has 0 spiro atoms. The first-order valence-corrected chi connectivity index (χ1v) is 5.93. The average Bonchev–Trinajstić information content (AvgIpc) is 2.26. The van der Waals surface area contributed by atoms with Crippen molar-refractivity contribution in [1.29, 1.82) is 0 Å². The number of nitrogens with zero attached hydrogens (tertiary/aromatic N) is 1. The van der Waals surface area contributed by atoms with Gasteiger partial charge in [-0.15, -0.1) is 0 Å². The second-order valence-corrected chi connectivity index (χ2v) is 4.20. The van der Waals surface area contributed by atoms with Crippen molar-refractivity contribution in [2.24, 2.45) is 0 Å². The maximum absolute atomic E-state index is 10.9. The quantitative estimate of drug-likeness (QED) is 0.680. The monoisotopic (exact) mass is 230 g/mol. The average molecular weight is 230 g/mol. The SMILES string of the molecule is CCNC(CCN1CCOCC1C)C(=O)O. The molecule has 0 amide bonds. The lowest BCUT2D eigenvalue weighted by Crippen LogP contribution is -2.46. The van der Waals surface area contributed by atoms with Gasteiger partial charge in [-0.05, 0) is 19.9 Å². The molecule has 1 rings (SSSR count). The molecule has 0 aromatic carbocycles. The Balaban J connectivity index is 2.32. The van der Waals surface area contributed by atoms with Crippen LogP contribution in [0, 0.1) is 0 Å². The maximum Gasteiger partial charge on any atom is 0.320 e. The van der Waals surface area contributed by atoms with Gasteiger partial charge in [0, 0.05) is 19.1 Å². The number of carboxylic acids is 1. The van der Waals surface area contributed by atoms with Crippen LogP contribution in [0.25, 0.3) is 0 Å². The molecule has 5 heteroatoms. The van der Waals surface area contributed by atoms with Gasteiger partial charge in [0.2, 0.25) is 0 Å². The number of rotatable bonds is 6. The smallest absolute Gasteiger partial charge is 0.320 e. The highest BCUT2D eigenvalue weighted by Gasteiger charge is 2.22. The fourth-order valence-electron chi connectivity index (χ4n) is 1.95. The second kappa shape index (κ2) is 6.83. The van der Waals surface area contributed by atoms with Crippen LogP contribution in [0.15, 0.2) is 0 Å². The number of hydrogen-bond donors (Lipinski definition) is 2. The highest BCUT2D eigenvalue weighted by atomic mass is 16.5. The van der Waals surface area contributed by atoms with Crippen LogP contribution in [-0.4, -0.2) is 60.9 Å². The van der Waals surface area contributed by atoms with E-state index in [1.54, 1.807) is 0 Å². The molecule has 0 aliphatic carbocycles. The Kier molecular flexibility index (Phi) is 5.73. The lowest BCUT2D eigenvalue weighted by atomic mass is 10.1. The molecule has 16 heavy (non-hydrogen) atoms. The van der Waals surface area contributed by atoms with Crippen LogP contribution >= 0.6 is 0 Å². The van der Waals surface area contributed by atoms with E-state index in [-0.39, 0.29) is 0 Å². The summed E-state index contributed by atoms with van der Waals surface area (Å²) in [6, 6.07) is -0.0372. The van der Waals surface area contributed by atoms with Crippen molar-refractivity contribution in [3.8, 4) is 0 Å². The Hall–Kier alpha value is -0.650. The van der Waals surface area contributed by atoms with Crippen LogP contribution < -0.4 is 5.32 Å². The van der Waals surface area contributed by atoms with E-state index in [0.29, 0.717) is 19.0 Å². The molecule has 1 saturated heterocycles. The summed E-state index contributed by atoms with van der Waals surface area (Å²) in [4.78, 5) is 13.2. The minimum absolute atomic E-state index is 0.393. The van der Waals surface area contributed by atoms with Crippen LogP contribution in [-0.2, 0) is 9.53 Å². The zero-order valence-electron chi connectivity index (χ0n) is 10.1. The Morgan fingerprint density at radius 1 is 1.69 bits per heavy atom. The number of morpholine rings is 1. The highest BCUT2D eigenvalue weighted by Crippen LogP contribution is 2.07. The van der Waals surface area contributed by atoms with Gasteiger partial charge in [0.1, 0.15) is 6.04 Å². The summed E-state index contributed by atoms with van der Waals surface area (Å²) >= 11 is 0. The molecule has 1 aliphatic rings. The number of carboxylic acid groups (broad SMARTS) is 1. The summed E-state index contributed by atoms with van der Waals surface area (Å²) < 4.78 is 5.34. The first kappa shape index (κ1) is 13.4. The third-order valence-corrected chi connectivity index (χ3v) is 2.96. The molecule has 2 N–H and O–H groups in total. The van der Waals surface area contributed by atoms with E-state index in [1.807, 2.05) is 6.92 Å². The molecule has 0 bridgehead atoms. The van der Waals surface area contributed by atoms with Crippen LogP contribution in [0.5, 0.6) is 0 Å². The predicted molar refractivity (Wildman–Crippen MR) is 61.6 cm³/mol. The van der Waals surface area contributed by atoms with E-state index >= 15 is 0 Å². The molecule has 5 nitrogen and oxygen atoms in total. The summed E-state index contributed by atoms with van der Waals surface area (Å²) in [7, 11) is 0. The molecule has 0 saturated carbocycles. The maximum atomic E-state index is 10.9. The lowest BCUT2D eigenvalue weighted by Gasteiger charge is -2.33. The minimum atomic E-state index is -0.761. The number of aliphatic carboxylic acids is 1. The Labute approximate surface area is 96.8 Å². The molecule has 2 unspecified atom stereocenters. The Morgan fingerprint density at radius 2 is 2.44 bits per heavy atom. The zero-order chi connectivity index (χ0) is 12.0. The Bertz CT molecular complexity index is 223. The topological polar surface area (TPSA) is 61.8 Å². The standard InChI is InChI=1S/C11H22N2O3/c1-3-12-10(11(14)15)4-5-13-6-7-16-8-9(13)2/h9-10,12H,3-8H2,1-2H3,(H,14,15). The van der Waals surface area contributed by atoms with E-state index in [1.165, 1.54) is 0 Å². The molecular weight excluding hydrogens is 208 g/mol.